The Morgan fingerprint density at radius 3 is 3.00 bits per heavy atom. The Hall–Kier alpha value is -1.31. The number of nitro benzene ring substituents is 1. The molecule has 1 unspecified atom stereocenters. The van der Waals surface area contributed by atoms with Crippen LogP contribution in [0.15, 0.2) is 12.1 Å². The third-order valence-electron chi connectivity index (χ3n) is 3.19. The van der Waals surface area contributed by atoms with Gasteiger partial charge >= 0.3 is 0 Å². The zero-order chi connectivity index (χ0) is 15.4. The van der Waals surface area contributed by atoms with Gasteiger partial charge in [-0.3, -0.25) is 14.9 Å². The number of aryl methyl sites for hydroxylation is 1. The van der Waals surface area contributed by atoms with E-state index in [1.54, 1.807) is 6.92 Å². The molecule has 21 heavy (non-hydrogen) atoms. The molecule has 8 heteroatoms. The van der Waals surface area contributed by atoms with Crippen molar-refractivity contribution in [1.29, 1.82) is 0 Å². The summed E-state index contributed by atoms with van der Waals surface area (Å²) in [6.07, 6.45) is 0.376. The summed E-state index contributed by atoms with van der Waals surface area (Å²) >= 11 is 7.69. The van der Waals surface area contributed by atoms with Crippen LogP contribution in [-0.4, -0.2) is 34.9 Å². The van der Waals surface area contributed by atoms with E-state index in [4.69, 9.17) is 11.6 Å². The standard InChI is InChI=1S/C13H16ClN3O3S/c1-8-4-12(17(19)20)10(14)6-11(8)16-13(18)5-9-7-21-3-2-15-9/h4,6,9,15H,2-3,5,7H2,1H3,(H,16,18). The zero-order valence-electron chi connectivity index (χ0n) is 11.5. The minimum absolute atomic E-state index is 0.0206. The van der Waals surface area contributed by atoms with Crippen molar-refractivity contribution in [3.8, 4) is 0 Å². The Bertz CT molecular complexity index is 562. The number of halogens is 1. The number of thioether (sulfide) groups is 1. The number of hydrogen-bond donors (Lipinski definition) is 2. The lowest BCUT2D eigenvalue weighted by Gasteiger charge is -2.22. The van der Waals surface area contributed by atoms with E-state index in [0.29, 0.717) is 17.7 Å². The highest BCUT2D eigenvalue weighted by Gasteiger charge is 2.19. The molecule has 0 radical (unpaired) electrons. The highest BCUT2D eigenvalue weighted by Crippen LogP contribution is 2.30. The van der Waals surface area contributed by atoms with Crippen LogP contribution in [-0.2, 0) is 4.79 Å². The molecule has 2 N–H and O–H groups in total. The molecule has 1 saturated heterocycles. The quantitative estimate of drug-likeness (QED) is 0.655. The minimum atomic E-state index is -0.538. The molecule has 1 aromatic carbocycles. The lowest BCUT2D eigenvalue weighted by Crippen LogP contribution is -2.39. The van der Waals surface area contributed by atoms with Crippen LogP contribution in [0, 0.1) is 17.0 Å². The van der Waals surface area contributed by atoms with Gasteiger partial charge in [0.05, 0.1) is 4.92 Å². The summed E-state index contributed by atoms with van der Waals surface area (Å²) in [4.78, 5) is 22.3. The Morgan fingerprint density at radius 1 is 1.62 bits per heavy atom. The third-order valence-corrected chi connectivity index (χ3v) is 4.63. The lowest BCUT2D eigenvalue weighted by atomic mass is 10.1. The first-order chi connectivity index (χ1) is 9.97. The van der Waals surface area contributed by atoms with Crippen molar-refractivity contribution in [3.63, 3.8) is 0 Å². The predicted octanol–water partition coefficient (Wildman–Crippen LogP) is 2.59. The molecule has 0 saturated carbocycles. The summed E-state index contributed by atoms with van der Waals surface area (Å²) in [6, 6.07) is 2.96. The fourth-order valence-electron chi connectivity index (χ4n) is 2.12. The van der Waals surface area contributed by atoms with Crippen molar-refractivity contribution < 1.29 is 9.72 Å². The number of carbonyl (C=O) groups excluding carboxylic acids is 1. The van der Waals surface area contributed by atoms with Gasteiger partial charge < -0.3 is 10.6 Å². The maximum atomic E-state index is 12.0. The zero-order valence-corrected chi connectivity index (χ0v) is 13.1. The van der Waals surface area contributed by atoms with Crippen molar-refractivity contribution in [1.82, 2.24) is 5.32 Å². The van der Waals surface area contributed by atoms with Crippen molar-refractivity contribution in [2.75, 3.05) is 23.4 Å². The van der Waals surface area contributed by atoms with Gasteiger partial charge in [0.15, 0.2) is 0 Å². The topological polar surface area (TPSA) is 84.3 Å². The van der Waals surface area contributed by atoms with E-state index < -0.39 is 4.92 Å². The molecular formula is C13H16ClN3O3S. The van der Waals surface area contributed by atoms with E-state index in [1.165, 1.54) is 12.1 Å². The Morgan fingerprint density at radius 2 is 2.38 bits per heavy atom. The van der Waals surface area contributed by atoms with Gasteiger partial charge in [-0.1, -0.05) is 11.6 Å². The van der Waals surface area contributed by atoms with Gasteiger partial charge in [-0.2, -0.15) is 11.8 Å². The summed E-state index contributed by atoms with van der Waals surface area (Å²) in [6.45, 7) is 2.61. The van der Waals surface area contributed by atoms with Crippen LogP contribution in [0.3, 0.4) is 0 Å². The van der Waals surface area contributed by atoms with Crippen LogP contribution < -0.4 is 10.6 Å². The number of nitrogens with zero attached hydrogens (tertiary/aromatic N) is 1. The molecule has 1 aliphatic heterocycles. The van der Waals surface area contributed by atoms with E-state index >= 15 is 0 Å². The number of rotatable bonds is 4. The number of anilines is 1. The molecule has 2 rings (SSSR count). The van der Waals surface area contributed by atoms with Gasteiger partial charge in [-0.25, -0.2) is 0 Å². The molecule has 1 aliphatic rings. The first-order valence-electron chi connectivity index (χ1n) is 6.53. The summed E-state index contributed by atoms with van der Waals surface area (Å²) in [7, 11) is 0. The van der Waals surface area contributed by atoms with Gasteiger partial charge in [0, 0.05) is 42.3 Å². The Kier molecular flexibility index (Phi) is 5.44. The maximum absolute atomic E-state index is 12.0. The number of carbonyl (C=O) groups is 1. The minimum Gasteiger partial charge on any atom is -0.326 e. The van der Waals surface area contributed by atoms with E-state index in [0.717, 1.165) is 18.1 Å². The molecule has 1 fully saturated rings. The normalized spacial score (nSPS) is 18.3. The van der Waals surface area contributed by atoms with E-state index in [9.17, 15) is 14.9 Å². The molecule has 0 spiro atoms. The van der Waals surface area contributed by atoms with Gasteiger partial charge in [-0.15, -0.1) is 0 Å². The number of amides is 1. The largest absolute Gasteiger partial charge is 0.326 e. The second-order valence-electron chi connectivity index (χ2n) is 4.85. The van der Waals surface area contributed by atoms with Gasteiger partial charge in [0.25, 0.3) is 5.69 Å². The Balaban J connectivity index is 2.03. The molecule has 1 heterocycles. The molecule has 0 aromatic heterocycles. The summed E-state index contributed by atoms with van der Waals surface area (Å²) in [5.41, 5.74) is 0.974. The molecule has 1 aromatic rings. The summed E-state index contributed by atoms with van der Waals surface area (Å²) in [5, 5.41) is 16.9. The fourth-order valence-corrected chi connectivity index (χ4v) is 3.30. The van der Waals surface area contributed by atoms with Crippen LogP contribution in [0.4, 0.5) is 11.4 Å². The summed E-state index contributed by atoms with van der Waals surface area (Å²) < 4.78 is 0. The number of nitro groups is 1. The second-order valence-corrected chi connectivity index (χ2v) is 6.41. The van der Waals surface area contributed by atoms with E-state index in [2.05, 4.69) is 10.6 Å². The highest BCUT2D eigenvalue weighted by atomic mass is 35.5. The third kappa shape index (κ3) is 4.33. The summed E-state index contributed by atoms with van der Waals surface area (Å²) in [5.74, 6) is 1.85. The lowest BCUT2D eigenvalue weighted by molar-refractivity contribution is -0.384. The molecular weight excluding hydrogens is 314 g/mol. The van der Waals surface area contributed by atoms with E-state index in [1.807, 2.05) is 11.8 Å². The Labute approximate surface area is 131 Å². The van der Waals surface area contributed by atoms with Crippen molar-refractivity contribution in [2.45, 2.75) is 19.4 Å². The van der Waals surface area contributed by atoms with Crippen LogP contribution >= 0.6 is 23.4 Å². The van der Waals surface area contributed by atoms with Gasteiger partial charge in [-0.05, 0) is 18.6 Å². The molecule has 6 nitrogen and oxygen atoms in total. The maximum Gasteiger partial charge on any atom is 0.288 e. The van der Waals surface area contributed by atoms with Crippen molar-refractivity contribution >= 4 is 40.6 Å². The first kappa shape index (κ1) is 16.1. The van der Waals surface area contributed by atoms with Crippen LogP contribution in [0.2, 0.25) is 5.02 Å². The van der Waals surface area contributed by atoms with Crippen LogP contribution in [0.5, 0.6) is 0 Å². The highest BCUT2D eigenvalue weighted by molar-refractivity contribution is 7.99. The molecule has 114 valence electrons. The van der Waals surface area contributed by atoms with Gasteiger partial charge in [0.1, 0.15) is 5.02 Å². The predicted molar refractivity (Wildman–Crippen MR) is 85.2 cm³/mol. The molecule has 0 bridgehead atoms. The molecule has 0 aliphatic carbocycles. The van der Waals surface area contributed by atoms with Crippen LogP contribution in [0.25, 0.3) is 0 Å². The molecule has 1 atom stereocenters. The molecule has 1 amide bonds. The first-order valence-corrected chi connectivity index (χ1v) is 8.06. The van der Waals surface area contributed by atoms with Gasteiger partial charge in [0.2, 0.25) is 5.91 Å². The van der Waals surface area contributed by atoms with E-state index in [-0.39, 0.29) is 22.7 Å². The number of benzene rings is 1. The average Bonchev–Trinajstić information content (AvgIpc) is 2.43. The number of hydrogen-bond acceptors (Lipinski definition) is 5. The number of nitrogens with one attached hydrogen (secondary N) is 2. The fraction of sp³-hybridized carbons (Fsp3) is 0.462. The second kappa shape index (κ2) is 7.11. The average molecular weight is 330 g/mol. The SMILES string of the molecule is Cc1cc([N+](=O)[O-])c(Cl)cc1NC(=O)CC1CSCCN1. The monoisotopic (exact) mass is 329 g/mol. The van der Waals surface area contributed by atoms with Crippen molar-refractivity contribution in [3.05, 3.63) is 32.8 Å². The van der Waals surface area contributed by atoms with Crippen molar-refractivity contribution in [2.24, 2.45) is 0 Å². The smallest absolute Gasteiger partial charge is 0.288 e. The van der Waals surface area contributed by atoms with Crippen LogP contribution in [0.1, 0.15) is 12.0 Å².